The predicted octanol–water partition coefficient (Wildman–Crippen LogP) is 1.72. The standard InChI is InChI=1S/C10H20O2/c1-8(2)6-10(5,12)9(3,4)7-11/h6,11-12H,7H2,1-5H3. The molecule has 2 N–H and O–H groups in total. The van der Waals surface area contributed by atoms with Crippen molar-refractivity contribution in [2.24, 2.45) is 5.41 Å². The van der Waals surface area contributed by atoms with Crippen molar-refractivity contribution >= 4 is 0 Å². The molecule has 1 unspecified atom stereocenters. The van der Waals surface area contributed by atoms with E-state index in [1.54, 1.807) is 13.0 Å². The van der Waals surface area contributed by atoms with Crippen LogP contribution in [0.25, 0.3) is 0 Å². The van der Waals surface area contributed by atoms with Gasteiger partial charge in [0.15, 0.2) is 0 Å². The minimum absolute atomic E-state index is 0.0240. The summed E-state index contributed by atoms with van der Waals surface area (Å²) >= 11 is 0. The van der Waals surface area contributed by atoms with E-state index in [4.69, 9.17) is 5.11 Å². The fourth-order valence-electron chi connectivity index (χ4n) is 0.918. The Hall–Kier alpha value is -0.340. The molecule has 0 aliphatic heterocycles. The average Bonchev–Trinajstić information content (AvgIpc) is 1.84. The Bertz CT molecular complexity index is 174. The van der Waals surface area contributed by atoms with E-state index in [2.05, 4.69) is 0 Å². The molecule has 0 saturated carbocycles. The van der Waals surface area contributed by atoms with E-state index in [0.717, 1.165) is 5.57 Å². The minimum atomic E-state index is -0.944. The van der Waals surface area contributed by atoms with E-state index >= 15 is 0 Å². The molecule has 0 amide bonds. The lowest BCUT2D eigenvalue weighted by molar-refractivity contribution is -0.0403. The first-order valence-corrected chi connectivity index (χ1v) is 4.22. The molecule has 0 fully saturated rings. The van der Waals surface area contributed by atoms with Crippen LogP contribution in [0.4, 0.5) is 0 Å². The molecule has 0 spiro atoms. The molecule has 0 heterocycles. The van der Waals surface area contributed by atoms with E-state index in [1.807, 2.05) is 27.7 Å². The van der Waals surface area contributed by atoms with Gasteiger partial charge >= 0.3 is 0 Å². The van der Waals surface area contributed by atoms with Gasteiger partial charge in [0.05, 0.1) is 12.2 Å². The van der Waals surface area contributed by atoms with Crippen molar-refractivity contribution in [1.29, 1.82) is 0 Å². The summed E-state index contributed by atoms with van der Waals surface area (Å²) in [7, 11) is 0. The van der Waals surface area contributed by atoms with Crippen LogP contribution in [-0.2, 0) is 0 Å². The highest BCUT2D eigenvalue weighted by atomic mass is 16.3. The molecule has 0 bridgehead atoms. The number of hydrogen-bond acceptors (Lipinski definition) is 2. The van der Waals surface area contributed by atoms with Crippen molar-refractivity contribution in [3.8, 4) is 0 Å². The summed E-state index contributed by atoms with van der Waals surface area (Å²) in [5.74, 6) is 0. The second-order valence-corrected chi connectivity index (χ2v) is 4.41. The smallest absolute Gasteiger partial charge is 0.0874 e. The maximum absolute atomic E-state index is 9.98. The van der Waals surface area contributed by atoms with Gasteiger partial charge in [-0.15, -0.1) is 0 Å². The van der Waals surface area contributed by atoms with Crippen LogP contribution < -0.4 is 0 Å². The molecule has 0 aliphatic rings. The molecule has 12 heavy (non-hydrogen) atoms. The normalized spacial score (nSPS) is 16.9. The molecule has 1 atom stereocenters. The first kappa shape index (κ1) is 11.7. The van der Waals surface area contributed by atoms with Gasteiger partial charge in [0, 0.05) is 5.41 Å². The lowest BCUT2D eigenvalue weighted by atomic mass is 9.76. The van der Waals surface area contributed by atoms with Crippen LogP contribution >= 0.6 is 0 Å². The quantitative estimate of drug-likeness (QED) is 0.636. The third-order valence-corrected chi connectivity index (χ3v) is 2.34. The minimum Gasteiger partial charge on any atom is -0.396 e. The third kappa shape index (κ3) is 2.61. The van der Waals surface area contributed by atoms with Gasteiger partial charge < -0.3 is 10.2 Å². The Labute approximate surface area is 74.9 Å². The summed E-state index contributed by atoms with van der Waals surface area (Å²) in [5.41, 5.74) is -0.383. The maximum atomic E-state index is 9.98. The Balaban J connectivity index is 4.72. The topological polar surface area (TPSA) is 40.5 Å². The van der Waals surface area contributed by atoms with Crippen molar-refractivity contribution < 1.29 is 10.2 Å². The number of rotatable bonds is 3. The summed E-state index contributed by atoms with van der Waals surface area (Å²) in [6.45, 7) is 9.24. The van der Waals surface area contributed by atoms with Crippen molar-refractivity contribution in [1.82, 2.24) is 0 Å². The molecular weight excluding hydrogens is 152 g/mol. The Kier molecular flexibility index (Phi) is 3.48. The summed E-state index contributed by atoms with van der Waals surface area (Å²) in [6.07, 6.45) is 1.78. The third-order valence-electron chi connectivity index (χ3n) is 2.34. The summed E-state index contributed by atoms with van der Waals surface area (Å²) in [6, 6.07) is 0. The van der Waals surface area contributed by atoms with Crippen LogP contribution in [-0.4, -0.2) is 22.4 Å². The van der Waals surface area contributed by atoms with Crippen molar-refractivity contribution in [3.63, 3.8) is 0 Å². The van der Waals surface area contributed by atoms with Crippen LogP contribution in [0.5, 0.6) is 0 Å². The monoisotopic (exact) mass is 172 g/mol. The average molecular weight is 172 g/mol. The largest absolute Gasteiger partial charge is 0.396 e. The summed E-state index contributed by atoms with van der Waals surface area (Å²) in [5, 5.41) is 19.0. The Morgan fingerprint density at radius 1 is 1.25 bits per heavy atom. The van der Waals surface area contributed by atoms with Gasteiger partial charge in [-0.25, -0.2) is 0 Å². The highest BCUT2D eigenvalue weighted by Crippen LogP contribution is 2.31. The van der Waals surface area contributed by atoms with E-state index in [-0.39, 0.29) is 6.61 Å². The Morgan fingerprint density at radius 3 is 1.92 bits per heavy atom. The van der Waals surface area contributed by atoms with Crippen LogP contribution in [0.15, 0.2) is 11.6 Å². The SMILES string of the molecule is CC(C)=CC(C)(O)C(C)(C)CO. The van der Waals surface area contributed by atoms with Gasteiger partial charge in [-0.3, -0.25) is 0 Å². The molecule has 2 heteroatoms. The molecule has 0 aromatic heterocycles. The van der Waals surface area contributed by atoms with Gasteiger partial charge in [0.2, 0.25) is 0 Å². The second kappa shape index (κ2) is 3.58. The van der Waals surface area contributed by atoms with Gasteiger partial charge in [0.25, 0.3) is 0 Å². The lowest BCUT2D eigenvalue weighted by Gasteiger charge is -2.36. The molecular formula is C10H20O2. The van der Waals surface area contributed by atoms with E-state index in [9.17, 15) is 5.11 Å². The summed E-state index contributed by atoms with van der Waals surface area (Å²) < 4.78 is 0. The van der Waals surface area contributed by atoms with Gasteiger partial charge in [-0.2, -0.15) is 0 Å². The highest BCUT2D eigenvalue weighted by Gasteiger charge is 2.36. The molecule has 0 radical (unpaired) electrons. The van der Waals surface area contributed by atoms with Gasteiger partial charge in [-0.05, 0) is 20.8 Å². The first-order valence-electron chi connectivity index (χ1n) is 4.22. The molecule has 72 valence electrons. The molecule has 0 aromatic rings. The zero-order valence-corrected chi connectivity index (χ0v) is 8.68. The lowest BCUT2D eigenvalue weighted by Crippen LogP contribution is -2.42. The van der Waals surface area contributed by atoms with E-state index < -0.39 is 11.0 Å². The molecule has 2 nitrogen and oxygen atoms in total. The second-order valence-electron chi connectivity index (χ2n) is 4.41. The van der Waals surface area contributed by atoms with Crippen LogP contribution in [0, 0.1) is 5.41 Å². The zero-order valence-electron chi connectivity index (χ0n) is 8.68. The number of aliphatic hydroxyl groups excluding tert-OH is 1. The van der Waals surface area contributed by atoms with E-state index in [0.29, 0.717) is 0 Å². The number of allylic oxidation sites excluding steroid dienone is 1. The molecule has 0 rings (SSSR count). The maximum Gasteiger partial charge on any atom is 0.0874 e. The fourth-order valence-corrected chi connectivity index (χ4v) is 0.918. The number of hydrogen-bond donors (Lipinski definition) is 2. The van der Waals surface area contributed by atoms with Crippen molar-refractivity contribution in [2.45, 2.75) is 40.2 Å². The van der Waals surface area contributed by atoms with Crippen molar-refractivity contribution in [2.75, 3.05) is 6.61 Å². The fraction of sp³-hybridized carbons (Fsp3) is 0.800. The highest BCUT2D eigenvalue weighted by molar-refractivity contribution is 5.10. The van der Waals surface area contributed by atoms with Crippen molar-refractivity contribution in [3.05, 3.63) is 11.6 Å². The molecule has 0 aromatic carbocycles. The zero-order chi connectivity index (χ0) is 9.99. The van der Waals surface area contributed by atoms with Gasteiger partial charge in [-0.1, -0.05) is 25.5 Å². The predicted molar refractivity (Wildman–Crippen MR) is 50.9 cm³/mol. The number of aliphatic hydroxyl groups is 2. The van der Waals surface area contributed by atoms with Crippen LogP contribution in [0.3, 0.4) is 0 Å². The summed E-state index contributed by atoms with van der Waals surface area (Å²) in [4.78, 5) is 0. The molecule has 0 aliphatic carbocycles. The van der Waals surface area contributed by atoms with Crippen LogP contribution in [0.1, 0.15) is 34.6 Å². The first-order chi connectivity index (χ1) is 5.23. The van der Waals surface area contributed by atoms with Crippen LogP contribution in [0.2, 0.25) is 0 Å². The Morgan fingerprint density at radius 2 is 1.67 bits per heavy atom. The molecule has 0 saturated heterocycles. The van der Waals surface area contributed by atoms with E-state index in [1.165, 1.54) is 0 Å². The van der Waals surface area contributed by atoms with Gasteiger partial charge in [0.1, 0.15) is 0 Å².